The Morgan fingerprint density at radius 1 is 0.395 bits per heavy atom. The summed E-state index contributed by atoms with van der Waals surface area (Å²) in [6, 6.07) is 14.2. The molecule has 0 spiro atoms. The molecule has 0 unspecified atom stereocenters. The van der Waals surface area contributed by atoms with Crippen molar-refractivity contribution in [3.8, 4) is 5.75 Å². The first kappa shape index (κ1) is 32.4. The zero-order valence-corrected chi connectivity index (χ0v) is 22.4. The van der Waals surface area contributed by atoms with Gasteiger partial charge in [-0.2, -0.15) is 0 Å². The highest BCUT2D eigenvalue weighted by molar-refractivity contribution is 5.88. The summed E-state index contributed by atoms with van der Waals surface area (Å²) in [5, 5.41) is 10.8. The molecule has 38 heavy (non-hydrogen) atoms. The van der Waals surface area contributed by atoms with Crippen LogP contribution >= 0.6 is 0 Å². The highest BCUT2D eigenvalue weighted by Crippen LogP contribution is 2.24. The van der Waals surface area contributed by atoms with Crippen molar-refractivity contribution in [2.45, 2.75) is 0 Å². The highest BCUT2D eigenvalue weighted by atomic mass is 16.6. The Morgan fingerprint density at radius 3 is 1.21 bits per heavy atom. The van der Waals surface area contributed by atoms with Crippen molar-refractivity contribution in [2.75, 3.05) is 119 Å². The van der Waals surface area contributed by atoms with Crippen molar-refractivity contribution >= 4 is 10.8 Å². The van der Waals surface area contributed by atoms with Crippen LogP contribution < -0.4 is 4.74 Å². The van der Waals surface area contributed by atoms with Gasteiger partial charge in [0.2, 0.25) is 0 Å². The number of ether oxygens (including phenoxy) is 9. The van der Waals surface area contributed by atoms with Crippen LogP contribution in [0.25, 0.3) is 10.8 Å². The molecule has 0 aliphatic carbocycles. The van der Waals surface area contributed by atoms with E-state index in [-0.39, 0.29) is 6.61 Å². The Hall–Kier alpha value is -1.86. The molecule has 0 aromatic heterocycles. The lowest BCUT2D eigenvalue weighted by atomic mass is 10.1. The summed E-state index contributed by atoms with van der Waals surface area (Å²) in [4.78, 5) is 0. The molecule has 1 N–H and O–H groups in total. The zero-order chi connectivity index (χ0) is 26.8. The molecular formula is C28H44O10. The van der Waals surface area contributed by atoms with E-state index in [2.05, 4.69) is 18.2 Å². The summed E-state index contributed by atoms with van der Waals surface area (Å²) in [5.41, 5.74) is 0. The molecule has 0 saturated heterocycles. The van der Waals surface area contributed by atoms with E-state index in [9.17, 15) is 0 Å². The van der Waals surface area contributed by atoms with E-state index in [4.69, 9.17) is 47.7 Å². The number of hydrogen-bond donors (Lipinski definition) is 1. The summed E-state index contributed by atoms with van der Waals surface area (Å²) in [7, 11) is 0. The Bertz CT molecular complexity index is 786. The third kappa shape index (κ3) is 16.9. The largest absolute Gasteiger partial charge is 0.491 e. The number of rotatable bonds is 27. The van der Waals surface area contributed by atoms with Crippen LogP contribution in [0.2, 0.25) is 0 Å². The number of hydrogen-bond acceptors (Lipinski definition) is 10. The smallest absolute Gasteiger partial charge is 0.127 e. The zero-order valence-electron chi connectivity index (χ0n) is 22.4. The minimum absolute atomic E-state index is 0.0285. The predicted molar refractivity (Wildman–Crippen MR) is 143 cm³/mol. The average molecular weight is 541 g/mol. The summed E-state index contributed by atoms with van der Waals surface area (Å²) < 4.78 is 49.1. The molecule has 0 saturated carbocycles. The molecule has 0 radical (unpaired) electrons. The minimum Gasteiger partial charge on any atom is -0.491 e. The first-order valence-corrected chi connectivity index (χ1v) is 13.2. The Morgan fingerprint density at radius 2 is 0.763 bits per heavy atom. The third-order valence-corrected chi connectivity index (χ3v) is 5.07. The minimum atomic E-state index is 0.0285. The number of benzene rings is 2. The molecular weight excluding hydrogens is 496 g/mol. The van der Waals surface area contributed by atoms with Crippen LogP contribution in [0.1, 0.15) is 0 Å². The summed E-state index contributed by atoms with van der Waals surface area (Å²) >= 11 is 0. The number of aliphatic hydroxyl groups is 1. The quantitative estimate of drug-likeness (QED) is 0.170. The fourth-order valence-corrected chi connectivity index (χ4v) is 3.24. The number of aliphatic hydroxyl groups excluding tert-OH is 1. The van der Waals surface area contributed by atoms with E-state index in [0.717, 1.165) is 16.5 Å². The van der Waals surface area contributed by atoms with E-state index >= 15 is 0 Å². The highest BCUT2D eigenvalue weighted by Gasteiger charge is 2.01. The second kappa shape index (κ2) is 24.2. The first-order chi connectivity index (χ1) is 18.9. The van der Waals surface area contributed by atoms with Crippen LogP contribution in [0, 0.1) is 0 Å². The van der Waals surface area contributed by atoms with Crippen LogP contribution in [0.5, 0.6) is 5.75 Å². The average Bonchev–Trinajstić information content (AvgIpc) is 2.95. The summed E-state index contributed by atoms with van der Waals surface area (Å²) in [6.45, 7) is 8.49. The van der Waals surface area contributed by atoms with Gasteiger partial charge < -0.3 is 47.7 Å². The lowest BCUT2D eigenvalue weighted by molar-refractivity contribution is -0.0242. The Kier molecular flexibility index (Phi) is 20.6. The van der Waals surface area contributed by atoms with Gasteiger partial charge in [0.15, 0.2) is 0 Å². The van der Waals surface area contributed by atoms with Crippen LogP contribution in [0.15, 0.2) is 42.5 Å². The summed E-state index contributed by atoms with van der Waals surface area (Å²) in [5.74, 6) is 0.873. The van der Waals surface area contributed by atoms with E-state index in [1.54, 1.807) is 0 Å². The maximum atomic E-state index is 8.57. The lowest BCUT2D eigenvalue weighted by Crippen LogP contribution is -2.15. The Labute approximate surface area is 225 Å². The predicted octanol–water partition coefficient (Wildman–Crippen LogP) is 2.34. The van der Waals surface area contributed by atoms with Crippen LogP contribution in [0.4, 0.5) is 0 Å². The molecule has 10 heteroatoms. The van der Waals surface area contributed by atoms with Crippen LogP contribution in [-0.4, -0.2) is 124 Å². The van der Waals surface area contributed by atoms with Crippen molar-refractivity contribution in [1.29, 1.82) is 0 Å². The van der Waals surface area contributed by atoms with Crippen LogP contribution in [-0.2, 0) is 37.9 Å². The second-order valence-electron chi connectivity index (χ2n) is 7.95. The molecule has 0 atom stereocenters. The number of fused-ring (bicyclic) bond motifs is 1. The van der Waals surface area contributed by atoms with Gasteiger partial charge in [0, 0.05) is 5.39 Å². The second-order valence-corrected chi connectivity index (χ2v) is 7.95. The van der Waals surface area contributed by atoms with Crippen molar-refractivity contribution in [2.24, 2.45) is 0 Å². The third-order valence-electron chi connectivity index (χ3n) is 5.07. The summed E-state index contributed by atoms with van der Waals surface area (Å²) in [6.07, 6.45) is 0. The van der Waals surface area contributed by atoms with Crippen molar-refractivity contribution in [3.05, 3.63) is 42.5 Å². The van der Waals surface area contributed by atoms with Gasteiger partial charge in [-0.1, -0.05) is 36.4 Å². The topological polar surface area (TPSA) is 103 Å². The molecule has 0 aliphatic rings. The van der Waals surface area contributed by atoms with Gasteiger partial charge in [0.05, 0.1) is 112 Å². The molecule has 0 aliphatic heterocycles. The standard InChI is InChI=1S/C28H44O10/c29-8-9-30-10-11-31-12-13-32-14-15-33-16-17-34-18-19-35-20-21-36-22-23-37-24-25-38-28-7-3-5-26-4-1-2-6-27(26)28/h1-7,29H,8-25H2. The molecule has 216 valence electrons. The molecule has 2 aromatic rings. The van der Waals surface area contributed by atoms with Gasteiger partial charge in [-0.25, -0.2) is 0 Å². The van der Waals surface area contributed by atoms with E-state index in [1.807, 2.05) is 24.3 Å². The van der Waals surface area contributed by atoms with Crippen molar-refractivity contribution in [1.82, 2.24) is 0 Å². The molecule has 2 rings (SSSR count). The van der Waals surface area contributed by atoms with Gasteiger partial charge in [-0.15, -0.1) is 0 Å². The molecule has 0 heterocycles. The maximum Gasteiger partial charge on any atom is 0.127 e. The van der Waals surface area contributed by atoms with Gasteiger partial charge in [0.1, 0.15) is 12.4 Å². The fourth-order valence-electron chi connectivity index (χ4n) is 3.24. The van der Waals surface area contributed by atoms with E-state index < -0.39 is 0 Å². The fraction of sp³-hybridized carbons (Fsp3) is 0.643. The Balaban J connectivity index is 1.23. The van der Waals surface area contributed by atoms with Crippen molar-refractivity contribution < 1.29 is 47.7 Å². The SMILES string of the molecule is OCCOCCOCCOCCOCCOCCOCCOCCOCCOc1cccc2ccccc12. The molecule has 2 aromatic carbocycles. The molecule has 0 bridgehead atoms. The molecule has 0 amide bonds. The van der Waals surface area contributed by atoms with E-state index in [0.29, 0.717) is 112 Å². The monoisotopic (exact) mass is 540 g/mol. The molecule has 0 fully saturated rings. The van der Waals surface area contributed by atoms with Crippen LogP contribution in [0.3, 0.4) is 0 Å². The maximum absolute atomic E-state index is 8.57. The van der Waals surface area contributed by atoms with Gasteiger partial charge in [0.25, 0.3) is 0 Å². The first-order valence-electron chi connectivity index (χ1n) is 13.2. The molecule has 10 nitrogen and oxygen atoms in total. The van der Waals surface area contributed by atoms with Gasteiger partial charge in [-0.05, 0) is 11.5 Å². The van der Waals surface area contributed by atoms with Gasteiger partial charge >= 0.3 is 0 Å². The normalized spacial score (nSPS) is 11.4. The van der Waals surface area contributed by atoms with E-state index in [1.165, 1.54) is 0 Å². The lowest BCUT2D eigenvalue weighted by Gasteiger charge is -2.10. The van der Waals surface area contributed by atoms with Crippen molar-refractivity contribution in [3.63, 3.8) is 0 Å². The van der Waals surface area contributed by atoms with Gasteiger partial charge in [-0.3, -0.25) is 0 Å².